The second-order valence-electron chi connectivity index (χ2n) is 5.57. The van der Waals surface area contributed by atoms with Crippen LogP contribution in [-0.2, 0) is 4.79 Å². The van der Waals surface area contributed by atoms with Crippen LogP contribution in [0.3, 0.4) is 0 Å². The predicted octanol–water partition coefficient (Wildman–Crippen LogP) is 2.90. The summed E-state index contributed by atoms with van der Waals surface area (Å²) in [5.74, 6) is 0.942. The largest absolute Gasteiger partial charge is 0.489 e. The molecule has 8 heteroatoms. The third kappa shape index (κ3) is 4.90. The number of hydrogen-bond donors (Lipinski definition) is 1. The van der Waals surface area contributed by atoms with Crippen LogP contribution in [0.15, 0.2) is 41.5 Å². The van der Waals surface area contributed by atoms with Gasteiger partial charge in [0, 0.05) is 6.42 Å². The molecule has 27 heavy (non-hydrogen) atoms. The first-order chi connectivity index (χ1) is 13.2. The predicted molar refractivity (Wildman–Crippen MR) is 99.4 cm³/mol. The SMILES string of the molecule is N#Cc1ccccc1OCC(=O)N/N=C\c1cc(Cl)c2c(c1)OCCCO2. The summed E-state index contributed by atoms with van der Waals surface area (Å²) in [7, 11) is 0. The maximum atomic E-state index is 11.8. The average Bonchev–Trinajstić information content (AvgIpc) is 2.92. The molecule has 7 nitrogen and oxygen atoms in total. The fraction of sp³-hybridized carbons (Fsp3) is 0.211. The highest BCUT2D eigenvalue weighted by atomic mass is 35.5. The van der Waals surface area contributed by atoms with E-state index in [0.29, 0.717) is 46.6 Å². The Labute approximate surface area is 161 Å². The molecular weight excluding hydrogens is 370 g/mol. The number of rotatable bonds is 5. The number of hydrogen-bond acceptors (Lipinski definition) is 6. The van der Waals surface area contributed by atoms with Crippen LogP contribution in [0.5, 0.6) is 17.2 Å². The van der Waals surface area contributed by atoms with Gasteiger partial charge in [0.1, 0.15) is 11.8 Å². The van der Waals surface area contributed by atoms with Crippen LogP contribution < -0.4 is 19.6 Å². The first-order valence-corrected chi connectivity index (χ1v) is 8.58. The lowest BCUT2D eigenvalue weighted by Gasteiger charge is -2.09. The molecule has 0 saturated heterocycles. The molecule has 2 aromatic rings. The van der Waals surface area contributed by atoms with Gasteiger partial charge in [-0.05, 0) is 29.8 Å². The molecule has 0 fully saturated rings. The third-order valence-electron chi connectivity index (χ3n) is 3.59. The van der Waals surface area contributed by atoms with Crippen LogP contribution in [0.25, 0.3) is 0 Å². The fourth-order valence-electron chi connectivity index (χ4n) is 2.36. The number of carbonyl (C=O) groups is 1. The minimum absolute atomic E-state index is 0.266. The second kappa shape index (κ2) is 8.92. The second-order valence-corrected chi connectivity index (χ2v) is 5.98. The van der Waals surface area contributed by atoms with Crippen molar-refractivity contribution < 1.29 is 19.0 Å². The number of halogens is 1. The first-order valence-electron chi connectivity index (χ1n) is 8.20. The number of nitrogens with one attached hydrogen (secondary N) is 1. The van der Waals surface area contributed by atoms with Gasteiger partial charge in [-0.15, -0.1) is 0 Å². The Hall–Kier alpha value is -3.24. The molecule has 0 radical (unpaired) electrons. The Balaban J connectivity index is 1.57. The number of benzene rings is 2. The molecule has 1 heterocycles. The molecule has 0 bridgehead atoms. The van der Waals surface area contributed by atoms with Gasteiger partial charge in [-0.2, -0.15) is 10.4 Å². The molecule has 0 aromatic heterocycles. The van der Waals surface area contributed by atoms with Crippen molar-refractivity contribution in [2.75, 3.05) is 19.8 Å². The summed E-state index contributed by atoms with van der Waals surface area (Å²) in [6, 6.07) is 12.1. The van der Waals surface area contributed by atoms with Gasteiger partial charge >= 0.3 is 0 Å². The van der Waals surface area contributed by atoms with Gasteiger partial charge in [0.2, 0.25) is 0 Å². The maximum absolute atomic E-state index is 11.8. The molecule has 3 rings (SSSR count). The van der Waals surface area contributed by atoms with E-state index in [0.717, 1.165) is 6.42 Å². The van der Waals surface area contributed by atoms with Gasteiger partial charge in [-0.3, -0.25) is 4.79 Å². The van der Waals surface area contributed by atoms with Gasteiger partial charge in [0.25, 0.3) is 5.91 Å². The lowest BCUT2D eigenvalue weighted by molar-refractivity contribution is -0.123. The third-order valence-corrected chi connectivity index (χ3v) is 3.87. The van der Waals surface area contributed by atoms with Crippen molar-refractivity contribution in [2.24, 2.45) is 5.10 Å². The summed E-state index contributed by atoms with van der Waals surface area (Å²) >= 11 is 6.21. The summed E-state index contributed by atoms with van der Waals surface area (Å²) < 4.78 is 16.5. The highest BCUT2D eigenvalue weighted by molar-refractivity contribution is 6.32. The number of nitriles is 1. The van der Waals surface area contributed by atoms with E-state index < -0.39 is 5.91 Å². The van der Waals surface area contributed by atoms with E-state index in [1.165, 1.54) is 6.21 Å². The van der Waals surface area contributed by atoms with E-state index in [1.54, 1.807) is 36.4 Å². The number of para-hydroxylation sites is 1. The minimum atomic E-state index is -0.459. The fourth-order valence-corrected chi connectivity index (χ4v) is 2.64. The lowest BCUT2D eigenvalue weighted by atomic mass is 10.2. The van der Waals surface area contributed by atoms with Crippen LogP contribution in [0.1, 0.15) is 17.5 Å². The van der Waals surface area contributed by atoms with E-state index in [4.69, 9.17) is 31.1 Å². The summed E-state index contributed by atoms with van der Waals surface area (Å²) in [4.78, 5) is 11.8. The summed E-state index contributed by atoms with van der Waals surface area (Å²) in [6.07, 6.45) is 2.22. The Morgan fingerprint density at radius 3 is 3.00 bits per heavy atom. The topological polar surface area (TPSA) is 92.9 Å². The molecule has 0 atom stereocenters. The van der Waals surface area contributed by atoms with E-state index in [9.17, 15) is 4.79 Å². The van der Waals surface area contributed by atoms with Crippen LogP contribution in [-0.4, -0.2) is 31.9 Å². The smallest absolute Gasteiger partial charge is 0.277 e. The zero-order valence-corrected chi connectivity index (χ0v) is 15.0. The van der Waals surface area contributed by atoms with Gasteiger partial charge in [-0.25, -0.2) is 5.43 Å². The van der Waals surface area contributed by atoms with Crippen molar-refractivity contribution in [3.8, 4) is 23.3 Å². The Morgan fingerprint density at radius 2 is 2.15 bits per heavy atom. The number of amides is 1. The molecule has 0 saturated carbocycles. The standard InChI is InChI=1S/C19H16ClN3O4/c20-15-8-13(9-17-19(15)26-7-3-6-25-17)11-22-23-18(24)12-27-16-5-2-1-4-14(16)10-21/h1-2,4-5,8-9,11H,3,6-7,12H2,(H,23,24)/b22-11-. The van der Waals surface area contributed by atoms with E-state index in [1.807, 2.05) is 6.07 Å². The summed E-state index contributed by atoms with van der Waals surface area (Å²) in [6.45, 7) is 0.825. The van der Waals surface area contributed by atoms with Crippen molar-refractivity contribution in [1.82, 2.24) is 5.43 Å². The molecule has 2 aromatic carbocycles. The van der Waals surface area contributed by atoms with Crippen LogP contribution in [0.4, 0.5) is 0 Å². The normalized spacial score (nSPS) is 12.9. The van der Waals surface area contributed by atoms with Gasteiger partial charge in [0.05, 0.1) is 30.0 Å². The highest BCUT2D eigenvalue weighted by Gasteiger charge is 2.15. The van der Waals surface area contributed by atoms with Gasteiger partial charge in [0.15, 0.2) is 18.1 Å². The number of carbonyl (C=O) groups excluding carboxylic acids is 1. The number of nitrogens with zero attached hydrogens (tertiary/aromatic N) is 2. The lowest BCUT2D eigenvalue weighted by Crippen LogP contribution is -2.24. The monoisotopic (exact) mass is 385 g/mol. The van der Waals surface area contributed by atoms with Crippen molar-refractivity contribution in [1.29, 1.82) is 5.26 Å². The Morgan fingerprint density at radius 1 is 1.33 bits per heavy atom. The highest BCUT2D eigenvalue weighted by Crippen LogP contribution is 2.37. The van der Waals surface area contributed by atoms with Gasteiger partial charge < -0.3 is 14.2 Å². The van der Waals surface area contributed by atoms with Crippen LogP contribution in [0.2, 0.25) is 5.02 Å². The van der Waals surface area contributed by atoms with Crippen molar-refractivity contribution in [2.45, 2.75) is 6.42 Å². The number of fused-ring (bicyclic) bond motifs is 1. The molecule has 1 aliphatic heterocycles. The molecule has 1 amide bonds. The first kappa shape index (κ1) is 18.5. The Kier molecular flexibility index (Phi) is 6.13. The number of hydrazone groups is 1. The molecule has 0 spiro atoms. The van der Waals surface area contributed by atoms with E-state index in [2.05, 4.69) is 10.5 Å². The minimum Gasteiger partial charge on any atom is -0.489 e. The van der Waals surface area contributed by atoms with Crippen molar-refractivity contribution >= 4 is 23.7 Å². The average molecular weight is 386 g/mol. The van der Waals surface area contributed by atoms with Gasteiger partial charge in [-0.1, -0.05) is 23.7 Å². The summed E-state index contributed by atoms with van der Waals surface area (Å²) in [5, 5.41) is 13.3. The van der Waals surface area contributed by atoms with E-state index >= 15 is 0 Å². The number of ether oxygens (including phenoxy) is 3. The Bertz CT molecular complexity index is 908. The summed E-state index contributed by atoms with van der Waals surface area (Å²) in [5.41, 5.74) is 3.37. The molecule has 0 aliphatic carbocycles. The quantitative estimate of drug-likeness (QED) is 0.631. The molecule has 1 N–H and O–H groups in total. The molecule has 138 valence electrons. The van der Waals surface area contributed by atoms with Crippen molar-refractivity contribution in [3.05, 3.63) is 52.5 Å². The van der Waals surface area contributed by atoms with Crippen molar-refractivity contribution in [3.63, 3.8) is 0 Å². The molecular formula is C19H16ClN3O4. The maximum Gasteiger partial charge on any atom is 0.277 e. The van der Waals surface area contributed by atoms with E-state index in [-0.39, 0.29) is 6.61 Å². The zero-order valence-electron chi connectivity index (χ0n) is 14.3. The molecule has 1 aliphatic rings. The van der Waals surface area contributed by atoms with Crippen LogP contribution in [0, 0.1) is 11.3 Å². The molecule has 0 unspecified atom stereocenters. The van der Waals surface area contributed by atoms with Crippen LogP contribution >= 0.6 is 11.6 Å². The zero-order chi connectivity index (χ0) is 19.1.